The van der Waals surface area contributed by atoms with Gasteiger partial charge in [0.25, 0.3) is 0 Å². The van der Waals surface area contributed by atoms with Crippen LogP contribution in [-0.2, 0) is 0 Å². The van der Waals surface area contributed by atoms with Gasteiger partial charge in [0, 0.05) is 6.04 Å². The summed E-state index contributed by atoms with van der Waals surface area (Å²) in [6, 6.07) is 0.782. The van der Waals surface area contributed by atoms with Crippen LogP contribution in [0.5, 0.6) is 0 Å². The molecular weight excluding hydrogens is 203 g/mol. The van der Waals surface area contributed by atoms with Crippen LogP contribution in [0.15, 0.2) is 0 Å². The second-order valence-electron chi connectivity index (χ2n) is 3.46. The molecule has 1 nitrogen and oxygen atoms in total. The number of unbranched alkanes of at least 4 members (excludes halogenated alkanes) is 1. The van der Waals surface area contributed by atoms with Gasteiger partial charge in [-0.15, -0.1) is 0 Å². The van der Waals surface area contributed by atoms with Crippen molar-refractivity contribution in [2.24, 2.45) is 0 Å². The fourth-order valence-electron chi connectivity index (χ4n) is 1.53. The highest BCUT2D eigenvalue weighted by Gasteiger charge is 2.07. The molecule has 0 spiro atoms. The number of halogens is 3. The molecule has 1 atom stereocenters. The summed E-state index contributed by atoms with van der Waals surface area (Å²) in [4.78, 5) is 2.52. The van der Waals surface area contributed by atoms with Crippen LogP contribution in [0.3, 0.4) is 0 Å². The molecule has 0 saturated heterocycles. The molecule has 94 valence electrons. The zero-order valence-electron chi connectivity index (χ0n) is 10.3. The van der Waals surface area contributed by atoms with Gasteiger partial charge in [-0.25, -0.2) is 0 Å². The third kappa shape index (κ3) is 13.8. The van der Waals surface area contributed by atoms with Gasteiger partial charge in [0.05, 0.1) is 0 Å². The highest BCUT2D eigenvalue weighted by Crippen LogP contribution is 2.06. The maximum absolute atomic E-state index is 9.67. The maximum atomic E-state index is 9.67. The lowest BCUT2D eigenvalue weighted by molar-refractivity contribution is 0.00819. The third-order valence-corrected chi connectivity index (χ3v) is 2.41. The Balaban J connectivity index is 0. The van der Waals surface area contributed by atoms with E-state index in [0.29, 0.717) is 0 Å². The van der Waals surface area contributed by atoms with Gasteiger partial charge in [0.15, 0.2) is 0 Å². The first kappa shape index (κ1) is 17.2. The zero-order valence-corrected chi connectivity index (χ0v) is 10.3. The number of hydrogen-bond acceptors (Lipinski definition) is 1. The van der Waals surface area contributed by atoms with E-state index in [2.05, 4.69) is 32.6 Å². The first-order valence-corrected chi connectivity index (χ1v) is 5.65. The first-order chi connectivity index (χ1) is 6.99. The van der Waals surface area contributed by atoms with E-state index in [4.69, 9.17) is 0 Å². The number of alkyl halides is 3. The van der Waals surface area contributed by atoms with Gasteiger partial charge in [-0.1, -0.05) is 33.6 Å². The molecule has 0 amide bonds. The van der Waals surface area contributed by atoms with Crippen molar-refractivity contribution in [2.75, 3.05) is 13.1 Å². The molecular formula is C11H24F3N. The first-order valence-electron chi connectivity index (χ1n) is 5.65. The molecule has 0 bridgehead atoms. The monoisotopic (exact) mass is 227 g/mol. The highest BCUT2D eigenvalue weighted by molar-refractivity contribution is 4.63. The third-order valence-electron chi connectivity index (χ3n) is 2.41. The predicted octanol–water partition coefficient (Wildman–Crippen LogP) is 4.09. The minimum atomic E-state index is -3.67. The summed E-state index contributed by atoms with van der Waals surface area (Å²) < 4.78 is 29.0. The molecule has 0 fully saturated rings. The predicted molar refractivity (Wildman–Crippen MR) is 59.0 cm³/mol. The Morgan fingerprint density at radius 3 is 1.67 bits per heavy atom. The van der Waals surface area contributed by atoms with Crippen LogP contribution in [0.4, 0.5) is 13.2 Å². The second kappa shape index (κ2) is 11.8. The van der Waals surface area contributed by atoms with E-state index in [1.54, 1.807) is 0 Å². The molecule has 0 rings (SSSR count). The van der Waals surface area contributed by atoms with Crippen LogP contribution in [0.1, 0.15) is 47.0 Å². The summed E-state index contributed by atoms with van der Waals surface area (Å²) >= 11 is 0. The molecule has 0 aromatic carbocycles. The Bertz CT molecular complexity index is 114. The van der Waals surface area contributed by atoms with Crippen molar-refractivity contribution in [3.63, 3.8) is 0 Å². The molecule has 4 heteroatoms. The Hall–Kier alpha value is -0.250. The Morgan fingerprint density at radius 2 is 1.40 bits per heavy atom. The topological polar surface area (TPSA) is 3.24 Å². The van der Waals surface area contributed by atoms with Gasteiger partial charge in [-0.3, -0.25) is 0 Å². The maximum Gasteiger partial charge on any atom is 0.379 e. The summed E-state index contributed by atoms with van der Waals surface area (Å²) in [5.74, 6) is 0. The largest absolute Gasteiger partial charge is 0.379 e. The molecule has 1 unspecified atom stereocenters. The number of nitrogens with zero attached hydrogens (tertiary/aromatic N) is 1. The molecule has 0 aliphatic heterocycles. The summed E-state index contributed by atoms with van der Waals surface area (Å²) in [5, 5.41) is 0. The summed E-state index contributed by atoms with van der Waals surface area (Å²) in [6.45, 7) is 7.80. The van der Waals surface area contributed by atoms with Crippen molar-refractivity contribution in [3.8, 4) is 0 Å². The molecule has 0 heterocycles. The van der Waals surface area contributed by atoms with Crippen LogP contribution >= 0.6 is 0 Å². The Morgan fingerprint density at radius 1 is 1.00 bits per heavy atom. The average molecular weight is 227 g/mol. The van der Waals surface area contributed by atoms with Crippen molar-refractivity contribution in [1.82, 2.24) is 4.90 Å². The van der Waals surface area contributed by atoms with Crippen LogP contribution in [0, 0.1) is 0 Å². The van der Waals surface area contributed by atoms with Gasteiger partial charge in [0.2, 0.25) is 0 Å². The molecule has 0 aliphatic rings. The molecule has 0 aromatic heterocycles. The zero-order chi connectivity index (χ0) is 12.3. The summed E-state index contributed by atoms with van der Waals surface area (Å²) in [5.41, 5.74) is 0. The van der Waals surface area contributed by atoms with Crippen molar-refractivity contribution in [1.29, 1.82) is 0 Å². The standard InChI is InChI=1S/C10H23N.CHF3/c1-5-8-9-10(4)11(6-2)7-3;2-1(3)4/h10H,5-9H2,1-4H3;1H. The van der Waals surface area contributed by atoms with Gasteiger partial charge < -0.3 is 4.90 Å². The van der Waals surface area contributed by atoms with Crippen molar-refractivity contribution in [2.45, 2.75) is 59.7 Å². The molecule has 0 aliphatic carbocycles. The van der Waals surface area contributed by atoms with Crippen molar-refractivity contribution < 1.29 is 13.2 Å². The van der Waals surface area contributed by atoms with Gasteiger partial charge in [0.1, 0.15) is 0 Å². The van der Waals surface area contributed by atoms with E-state index in [9.17, 15) is 13.2 Å². The second-order valence-corrected chi connectivity index (χ2v) is 3.46. The smallest absolute Gasteiger partial charge is 0.301 e. The lowest BCUT2D eigenvalue weighted by Crippen LogP contribution is -2.32. The quantitative estimate of drug-likeness (QED) is 0.660. The minimum Gasteiger partial charge on any atom is -0.301 e. The molecule has 0 saturated carbocycles. The van der Waals surface area contributed by atoms with Gasteiger partial charge in [-0.05, 0) is 26.4 Å². The van der Waals surface area contributed by atoms with E-state index in [0.717, 1.165) is 6.04 Å². The van der Waals surface area contributed by atoms with Crippen molar-refractivity contribution >= 4 is 0 Å². The van der Waals surface area contributed by atoms with Crippen LogP contribution in [0.25, 0.3) is 0 Å². The van der Waals surface area contributed by atoms with Crippen LogP contribution < -0.4 is 0 Å². The Labute approximate surface area is 91.7 Å². The number of rotatable bonds is 6. The molecule has 15 heavy (non-hydrogen) atoms. The fraction of sp³-hybridized carbons (Fsp3) is 1.00. The van der Waals surface area contributed by atoms with Crippen LogP contribution in [-0.4, -0.2) is 30.7 Å². The van der Waals surface area contributed by atoms with E-state index < -0.39 is 6.68 Å². The van der Waals surface area contributed by atoms with Gasteiger partial charge >= 0.3 is 6.68 Å². The molecule has 0 N–H and O–H groups in total. The minimum absolute atomic E-state index is 0.782. The lowest BCUT2D eigenvalue weighted by atomic mass is 10.1. The SMILES string of the molecule is CCCCC(C)N(CC)CC.FC(F)F. The average Bonchev–Trinajstić information content (AvgIpc) is 2.15. The normalized spacial score (nSPS) is 12.6. The summed E-state index contributed by atoms with van der Waals surface area (Å²) in [6.07, 6.45) is 4.06. The summed E-state index contributed by atoms with van der Waals surface area (Å²) in [7, 11) is 0. The fourth-order valence-corrected chi connectivity index (χ4v) is 1.53. The van der Waals surface area contributed by atoms with Crippen molar-refractivity contribution in [3.05, 3.63) is 0 Å². The van der Waals surface area contributed by atoms with E-state index in [-0.39, 0.29) is 0 Å². The van der Waals surface area contributed by atoms with Crippen LogP contribution in [0.2, 0.25) is 0 Å². The Kier molecular flexibility index (Phi) is 13.5. The van der Waals surface area contributed by atoms with E-state index in [1.807, 2.05) is 0 Å². The molecule has 0 radical (unpaired) electrons. The number of hydrogen-bond donors (Lipinski definition) is 0. The van der Waals surface area contributed by atoms with Gasteiger partial charge in [-0.2, -0.15) is 13.2 Å². The molecule has 0 aromatic rings. The highest BCUT2D eigenvalue weighted by atomic mass is 19.4. The lowest BCUT2D eigenvalue weighted by Gasteiger charge is -2.26. The van der Waals surface area contributed by atoms with E-state index >= 15 is 0 Å². The van der Waals surface area contributed by atoms with E-state index in [1.165, 1.54) is 32.4 Å².